The van der Waals surface area contributed by atoms with Crippen molar-refractivity contribution in [2.75, 3.05) is 66.3 Å². The van der Waals surface area contributed by atoms with Gasteiger partial charge in [0.15, 0.2) is 12.4 Å². The molecule has 0 radical (unpaired) electrons. The van der Waals surface area contributed by atoms with Crippen molar-refractivity contribution in [3.05, 3.63) is 63.7 Å². The van der Waals surface area contributed by atoms with Crippen LogP contribution in [-0.2, 0) is 23.7 Å². The molecule has 61 heavy (non-hydrogen) atoms. The Hall–Kier alpha value is -5.55. The van der Waals surface area contributed by atoms with Crippen molar-refractivity contribution >= 4 is 74.0 Å². The number of hydrogen-bond donors (Lipinski definition) is 3. The van der Waals surface area contributed by atoms with Crippen LogP contribution in [0.4, 0.5) is 37.6 Å². The second kappa shape index (κ2) is 15.1. The summed E-state index contributed by atoms with van der Waals surface area (Å²) in [4.78, 5) is 54.2. The van der Waals surface area contributed by atoms with Gasteiger partial charge in [0.1, 0.15) is 5.02 Å². The molecule has 1 aliphatic carbocycles. The number of pyridine rings is 1. The lowest BCUT2D eigenvalue weighted by Crippen LogP contribution is -2.53. The van der Waals surface area contributed by atoms with Gasteiger partial charge in [0.25, 0.3) is 5.56 Å². The van der Waals surface area contributed by atoms with Crippen molar-refractivity contribution in [3.8, 4) is 5.75 Å². The summed E-state index contributed by atoms with van der Waals surface area (Å²) >= 11 is 6.65. The average Bonchev–Trinajstić information content (AvgIpc) is 3.91. The van der Waals surface area contributed by atoms with Gasteiger partial charge in [-0.25, -0.2) is 13.8 Å². The topological polar surface area (TPSA) is 155 Å². The third-order valence-corrected chi connectivity index (χ3v) is 13.5. The molecule has 3 N–H and O–H groups in total. The van der Waals surface area contributed by atoms with E-state index in [1.165, 1.54) is 4.57 Å². The number of nitrogens with one attached hydrogen (secondary N) is 3. The van der Waals surface area contributed by atoms with E-state index >= 15 is 8.78 Å². The van der Waals surface area contributed by atoms with E-state index in [9.17, 15) is 14.4 Å². The molecule has 3 saturated heterocycles. The van der Waals surface area contributed by atoms with E-state index in [0.29, 0.717) is 65.0 Å². The maximum atomic E-state index is 15.2. The molecule has 10 rings (SSSR count). The number of hydrogen-bond acceptors (Lipinski definition) is 12. The molecule has 320 valence electrons. The Morgan fingerprint density at radius 2 is 1.80 bits per heavy atom. The molecular weight excluding hydrogens is 808 g/mol. The lowest BCUT2D eigenvalue weighted by Gasteiger charge is -2.41. The lowest BCUT2D eigenvalue weighted by molar-refractivity contribution is -0.134. The number of halogens is 3. The normalized spacial score (nSPS) is 24.4. The summed E-state index contributed by atoms with van der Waals surface area (Å²) in [5.41, 5.74) is 3.81. The molecule has 2 amide bonds. The molecule has 18 heteroatoms. The highest BCUT2D eigenvalue weighted by Gasteiger charge is 2.51. The van der Waals surface area contributed by atoms with Gasteiger partial charge in [-0.3, -0.25) is 29.3 Å². The van der Waals surface area contributed by atoms with E-state index < -0.39 is 30.0 Å². The Morgan fingerprint density at radius 3 is 2.59 bits per heavy atom. The minimum atomic E-state index is -3.13. The number of fused-ring (bicyclic) bond motifs is 4. The van der Waals surface area contributed by atoms with Crippen LogP contribution in [0.15, 0.2) is 47.4 Å². The minimum Gasteiger partial charge on any atom is -0.480 e. The number of alkyl halides is 2. The van der Waals surface area contributed by atoms with E-state index in [1.54, 1.807) is 31.4 Å². The number of imide groups is 1. The maximum Gasteiger partial charge on any atom is 0.301 e. The third-order valence-electron chi connectivity index (χ3n) is 13.2. The van der Waals surface area contributed by atoms with Crippen molar-refractivity contribution in [2.45, 2.75) is 63.0 Å². The second-order valence-corrected chi connectivity index (χ2v) is 17.8. The van der Waals surface area contributed by atoms with Crippen LogP contribution in [-0.4, -0.2) is 105 Å². The highest BCUT2D eigenvalue weighted by molar-refractivity contribution is 6.33. The fourth-order valence-electron chi connectivity index (χ4n) is 9.70. The Morgan fingerprint density at radius 1 is 0.967 bits per heavy atom. The van der Waals surface area contributed by atoms with Crippen molar-refractivity contribution in [1.82, 2.24) is 34.5 Å². The van der Waals surface area contributed by atoms with E-state index in [0.717, 1.165) is 68.0 Å². The smallest absolute Gasteiger partial charge is 0.301 e. The quantitative estimate of drug-likeness (QED) is 0.172. The summed E-state index contributed by atoms with van der Waals surface area (Å²) in [5.74, 6) is -2.92. The number of anilines is 5. The molecule has 5 aliphatic rings. The summed E-state index contributed by atoms with van der Waals surface area (Å²) < 4.78 is 39.1. The molecule has 4 aliphatic heterocycles. The molecule has 1 saturated carbocycles. The average molecular weight is 856 g/mol. The molecule has 3 aromatic heterocycles. The first kappa shape index (κ1) is 39.6. The van der Waals surface area contributed by atoms with Gasteiger partial charge in [-0.05, 0) is 80.8 Å². The molecule has 5 aromatic rings. The van der Waals surface area contributed by atoms with Crippen LogP contribution < -0.4 is 36.0 Å². The first-order valence-corrected chi connectivity index (χ1v) is 21.5. The molecule has 2 aromatic carbocycles. The van der Waals surface area contributed by atoms with E-state index in [4.69, 9.17) is 26.4 Å². The third kappa shape index (κ3) is 7.28. The van der Waals surface area contributed by atoms with Gasteiger partial charge in [-0.1, -0.05) is 11.6 Å². The van der Waals surface area contributed by atoms with Gasteiger partial charge >= 0.3 is 5.92 Å². The predicted molar refractivity (Wildman–Crippen MR) is 229 cm³/mol. The lowest BCUT2D eigenvalue weighted by atomic mass is 9.93. The van der Waals surface area contributed by atoms with Crippen molar-refractivity contribution in [1.29, 1.82) is 0 Å². The van der Waals surface area contributed by atoms with Crippen LogP contribution in [0.5, 0.6) is 5.75 Å². The van der Waals surface area contributed by atoms with Gasteiger partial charge < -0.3 is 29.7 Å². The number of benzene rings is 2. The maximum absolute atomic E-state index is 15.2. The number of ether oxygens (including phenoxy) is 1. The molecule has 4 atom stereocenters. The Balaban J connectivity index is 0.798. The second-order valence-electron chi connectivity index (χ2n) is 17.4. The first-order chi connectivity index (χ1) is 29.3. The number of piperazine rings is 1. The summed E-state index contributed by atoms with van der Waals surface area (Å²) in [6, 6.07) is 10.8. The zero-order valence-corrected chi connectivity index (χ0v) is 35.0. The van der Waals surface area contributed by atoms with Gasteiger partial charge in [0.05, 0.1) is 40.6 Å². The van der Waals surface area contributed by atoms with Crippen LogP contribution in [0, 0.1) is 11.8 Å². The number of rotatable bonds is 8. The highest BCUT2D eigenvalue weighted by Crippen LogP contribution is 2.46. The Kier molecular flexibility index (Phi) is 9.81. The summed E-state index contributed by atoms with van der Waals surface area (Å²) in [7, 11) is 3.50. The number of aryl methyl sites for hydroxylation is 2. The SMILES string of the molecule is C[C@H]1CN(c2ncc(Cl)c(Nc3ccc4c(c3)c3c(c(=O)n4C)OCC(F)(F)[C@H](C4CC4)N3)n2)CCN1C[C@H]1CCN(c2ccc3c(C4CCC(=O)NC4=O)nn(C)c3c2)C1. The molecule has 0 spiro atoms. The van der Waals surface area contributed by atoms with Gasteiger partial charge in [-0.2, -0.15) is 10.1 Å². The molecule has 4 fully saturated rings. The number of carbonyl (C=O) groups is 2. The number of piperidine rings is 1. The predicted octanol–water partition coefficient (Wildman–Crippen LogP) is 5.39. The van der Waals surface area contributed by atoms with Crippen molar-refractivity contribution < 1.29 is 23.1 Å². The largest absolute Gasteiger partial charge is 0.480 e. The van der Waals surface area contributed by atoms with E-state index in [-0.39, 0.29) is 35.2 Å². The van der Waals surface area contributed by atoms with Gasteiger partial charge in [0.2, 0.25) is 23.5 Å². The summed E-state index contributed by atoms with van der Waals surface area (Å²) in [5, 5.41) is 15.4. The molecule has 15 nitrogen and oxygen atoms in total. The van der Waals surface area contributed by atoms with Crippen molar-refractivity contribution in [2.24, 2.45) is 25.9 Å². The number of carbonyl (C=O) groups excluding carboxylic acids is 2. The zero-order chi connectivity index (χ0) is 42.3. The minimum absolute atomic E-state index is 0.109. The zero-order valence-electron chi connectivity index (χ0n) is 34.3. The number of nitrogens with zero attached hydrogens (tertiary/aromatic N) is 8. The van der Waals surface area contributed by atoms with Crippen LogP contribution >= 0.6 is 11.6 Å². The Labute approximate surface area is 355 Å². The molecule has 7 heterocycles. The van der Waals surface area contributed by atoms with Gasteiger partial charge in [-0.15, -0.1) is 0 Å². The first-order valence-electron chi connectivity index (χ1n) is 21.1. The standard InChI is InChI=1S/C43H48ClF2N11O4/c1-23-19-57(15-14-55(23)20-24-12-13-56(21-24)27-7-8-28-33(17-27)54(3)52-35(28)29-9-11-34(58)49-40(29)59)42-47-18-31(44)39(51-42)48-26-6-10-32-30(16-26)36-37(41(60)53(32)2)61-22-43(45,46)38(50-36)25-4-5-25/h6-8,10,16-18,23-25,29,38,50H,4-5,9,11-15,19-22H2,1-3H3,(H,47,48,51)(H,49,58,59)/t23-,24+,29?,38-/m0/s1. The van der Waals surface area contributed by atoms with E-state index in [1.807, 2.05) is 11.7 Å². The van der Waals surface area contributed by atoms with Crippen molar-refractivity contribution in [3.63, 3.8) is 0 Å². The summed E-state index contributed by atoms with van der Waals surface area (Å²) in [6.45, 7) is 6.57. The monoisotopic (exact) mass is 855 g/mol. The van der Waals surface area contributed by atoms with E-state index in [2.05, 4.69) is 60.8 Å². The van der Waals surface area contributed by atoms with Gasteiger partial charge in [0, 0.05) is 88.0 Å². The molecular formula is C43H48ClF2N11O4. The van der Waals surface area contributed by atoms with Crippen LogP contribution in [0.2, 0.25) is 5.02 Å². The molecule has 0 bridgehead atoms. The molecule has 1 unspecified atom stereocenters. The van der Waals surface area contributed by atoms with Crippen LogP contribution in [0.3, 0.4) is 0 Å². The number of amides is 2. The Bertz CT molecular complexity index is 2650. The van der Waals surface area contributed by atoms with Crippen LogP contribution in [0.1, 0.15) is 50.6 Å². The highest BCUT2D eigenvalue weighted by atomic mass is 35.5. The van der Waals surface area contributed by atoms with Crippen LogP contribution in [0.25, 0.3) is 21.8 Å². The summed E-state index contributed by atoms with van der Waals surface area (Å²) in [6.07, 6.45) is 4.85. The fourth-order valence-corrected chi connectivity index (χ4v) is 9.84. The number of aromatic nitrogens is 5. The fraction of sp³-hybridized carbons (Fsp3) is 0.488.